The first-order chi connectivity index (χ1) is 15.8. The van der Waals surface area contributed by atoms with Gasteiger partial charge in [-0.2, -0.15) is 13.5 Å². The van der Waals surface area contributed by atoms with Gasteiger partial charge in [0, 0.05) is 45.1 Å². The predicted molar refractivity (Wildman–Crippen MR) is 129 cm³/mol. The highest BCUT2D eigenvalue weighted by Gasteiger charge is 2.26. The maximum absolute atomic E-state index is 12.8. The number of aryl methyl sites for hydroxylation is 1. The quantitative estimate of drug-likeness (QED) is 0.457. The number of sulfonamides is 1. The highest BCUT2D eigenvalue weighted by Crippen LogP contribution is 2.39. The lowest BCUT2D eigenvalue weighted by Crippen LogP contribution is -2.35. The molecule has 11 nitrogen and oxygen atoms in total. The van der Waals surface area contributed by atoms with Crippen LogP contribution in [-0.4, -0.2) is 62.6 Å². The Kier molecular flexibility index (Phi) is 8.67. The SMILES string of the molecule is COCCN(C)c1ccc(C(C)C)c(NC(=O)NS(=O)(=O)c2cc(C(=O)O)n(C)n2)c1C(C)C. The molecular weight excluding hydrogens is 462 g/mol. The molecule has 0 spiro atoms. The molecular formula is C22H33N5O6S. The number of hydrogen-bond acceptors (Lipinski definition) is 7. The largest absolute Gasteiger partial charge is 0.477 e. The molecule has 0 aliphatic carbocycles. The Balaban J connectivity index is 2.44. The molecule has 2 aromatic rings. The Morgan fingerprint density at radius 2 is 1.85 bits per heavy atom. The maximum Gasteiger partial charge on any atom is 0.354 e. The van der Waals surface area contributed by atoms with Crippen molar-refractivity contribution in [3.8, 4) is 0 Å². The van der Waals surface area contributed by atoms with Crippen LogP contribution in [-0.2, 0) is 21.8 Å². The molecule has 3 N–H and O–H groups in total. The third-order valence-corrected chi connectivity index (χ3v) is 6.52. The van der Waals surface area contributed by atoms with Crippen LogP contribution in [0.5, 0.6) is 0 Å². The van der Waals surface area contributed by atoms with Crippen LogP contribution in [0.25, 0.3) is 0 Å². The van der Waals surface area contributed by atoms with E-state index in [4.69, 9.17) is 9.84 Å². The van der Waals surface area contributed by atoms with E-state index in [0.717, 1.165) is 27.6 Å². The van der Waals surface area contributed by atoms with E-state index in [0.29, 0.717) is 18.8 Å². The van der Waals surface area contributed by atoms with Crippen molar-refractivity contribution in [3.63, 3.8) is 0 Å². The molecule has 0 saturated carbocycles. The van der Waals surface area contributed by atoms with Gasteiger partial charge in [-0.15, -0.1) is 0 Å². The molecule has 1 aromatic carbocycles. The Bertz CT molecular complexity index is 1160. The van der Waals surface area contributed by atoms with Crippen molar-refractivity contribution in [1.82, 2.24) is 14.5 Å². The molecule has 2 rings (SSSR count). The zero-order valence-corrected chi connectivity index (χ0v) is 21.4. The molecule has 0 bridgehead atoms. The first kappa shape index (κ1) is 27.1. The molecule has 188 valence electrons. The normalized spacial score (nSPS) is 11.7. The summed E-state index contributed by atoms with van der Waals surface area (Å²) in [6, 6.07) is 3.82. The summed E-state index contributed by atoms with van der Waals surface area (Å²) in [5, 5.41) is 15.0. The van der Waals surface area contributed by atoms with Crippen LogP contribution in [0.2, 0.25) is 0 Å². The second kappa shape index (κ2) is 10.9. The van der Waals surface area contributed by atoms with Gasteiger partial charge in [-0.3, -0.25) is 4.68 Å². The fourth-order valence-corrected chi connectivity index (χ4v) is 4.49. The standard InChI is InChI=1S/C22H33N5O6S/c1-13(2)15-8-9-16(26(5)10-11-33-7)19(14(3)4)20(15)23-22(30)25-34(31,32)18-12-17(21(28)29)27(6)24-18/h8-9,12-14H,10-11H2,1-7H3,(H,28,29)(H2,23,25,30). The molecule has 0 saturated heterocycles. The molecule has 1 heterocycles. The van der Waals surface area contributed by atoms with Gasteiger partial charge < -0.3 is 20.1 Å². The van der Waals surface area contributed by atoms with Crippen molar-refractivity contribution in [3.05, 3.63) is 35.0 Å². The summed E-state index contributed by atoms with van der Waals surface area (Å²) in [6.45, 7) is 9.10. The summed E-state index contributed by atoms with van der Waals surface area (Å²) < 4.78 is 33.4. The van der Waals surface area contributed by atoms with E-state index < -0.39 is 27.0 Å². The second-order valence-electron chi connectivity index (χ2n) is 8.54. The number of ether oxygens (including phenoxy) is 1. The van der Waals surface area contributed by atoms with Gasteiger partial charge in [-0.1, -0.05) is 33.8 Å². The van der Waals surface area contributed by atoms with E-state index in [1.807, 2.05) is 56.5 Å². The first-order valence-corrected chi connectivity index (χ1v) is 12.3. The van der Waals surface area contributed by atoms with Crippen molar-refractivity contribution in [2.24, 2.45) is 7.05 Å². The van der Waals surface area contributed by atoms with Crippen LogP contribution in [0, 0.1) is 0 Å². The van der Waals surface area contributed by atoms with Gasteiger partial charge in [0.2, 0.25) is 0 Å². The molecule has 0 fully saturated rings. The lowest BCUT2D eigenvalue weighted by Gasteiger charge is -2.28. The van der Waals surface area contributed by atoms with Crippen molar-refractivity contribution in [2.45, 2.75) is 44.6 Å². The summed E-state index contributed by atoms with van der Waals surface area (Å²) in [7, 11) is 0.444. The average molecular weight is 496 g/mol. The predicted octanol–water partition coefficient (Wildman–Crippen LogP) is 2.96. The zero-order chi connectivity index (χ0) is 25.8. The molecule has 0 aliphatic rings. The van der Waals surface area contributed by atoms with Gasteiger partial charge in [0.1, 0.15) is 5.69 Å². The number of nitrogens with one attached hydrogen (secondary N) is 2. The van der Waals surface area contributed by atoms with E-state index in [-0.39, 0.29) is 17.5 Å². The Morgan fingerprint density at radius 1 is 1.21 bits per heavy atom. The molecule has 0 atom stereocenters. The summed E-state index contributed by atoms with van der Waals surface area (Å²) in [6.07, 6.45) is 0. The average Bonchev–Trinajstić information content (AvgIpc) is 3.13. The van der Waals surface area contributed by atoms with Crippen LogP contribution in [0.3, 0.4) is 0 Å². The molecule has 1 aromatic heterocycles. The maximum atomic E-state index is 12.8. The third kappa shape index (κ3) is 6.06. The smallest absolute Gasteiger partial charge is 0.354 e. The summed E-state index contributed by atoms with van der Waals surface area (Å²) in [5.41, 5.74) is 2.82. The number of aromatic carboxylic acids is 1. The summed E-state index contributed by atoms with van der Waals surface area (Å²) >= 11 is 0. The molecule has 0 unspecified atom stereocenters. The van der Waals surface area contributed by atoms with E-state index in [9.17, 15) is 18.0 Å². The Morgan fingerprint density at radius 3 is 2.35 bits per heavy atom. The number of carboxylic acid groups (broad SMARTS) is 1. The Hall–Kier alpha value is -3.12. The van der Waals surface area contributed by atoms with E-state index in [1.165, 1.54) is 7.05 Å². The van der Waals surface area contributed by atoms with Crippen LogP contribution < -0.4 is 14.9 Å². The number of carbonyl (C=O) groups excluding carboxylic acids is 1. The number of likely N-dealkylation sites (N-methyl/N-ethyl adjacent to an activating group) is 1. The number of carboxylic acids is 1. The summed E-state index contributed by atoms with van der Waals surface area (Å²) in [4.78, 5) is 26.1. The minimum absolute atomic E-state index is 0.0134. The van der Waals surface area contributed by atoms with Gasteiger partial charge >= 0.3 is 12.0 Å². The minimum Gasteiger partial charge on any atom is -0.477 e. The van der Waals surface area contributed by atoms with Crippen LogP contribution in [0.1, 0.15) is 61.1 Å². The lowest BCUT2D eigenvalue weighted by atomic mass is 9.90. The number of methoxy groups -OCH3 is 1. The minimum atomic E-state index is -4.40. The third-order valence-electron chi connectivity index (χ3n) is 5.31. The van der Waals surface area contributed by atoms with Crippen molar-refractivity contribution in [1.29, 1.82) is 0 Å². The number of anilines is 2. The number of urea groups is 1. The number of amides is 2. The topological polar surface area (TPSA) is 143 Å². The number of aromatic nitrogens is 2. The Labute approximate surface area is 200 Å². The first-order valence-electron chi connectivity index (χ1n) is 10.8. The molecule has 12 heteroatoms. The van der Waals surface area contributed by atoms with Crippen LogP contribution in [0.4, 0.5) is 16.2 Å². The highest BCUT2D eigenvalue weighted by molar-refractivity contribution is 7.90. The van der Waals surface area contributed by atoms with Crippen LogP contribution in [0.15, 0.2) is 23.2 Å². The van der Waals surface area contributed by atoms with E-state index >= 15 is 0 Å². The second-order valence-corrected chi connectivity index (χ2v) is 10.2. The van der Waals surface area contributed by atoms with Crippen LogP contribution >= 0.6 is 0 Å². The highest BCUT2D eigenvalue weighted by atomic mass is 32.2. The van der Waals surface area contributed by atoms with Gasteiger partial charge in [-0.05, 0) is 23.5 Å². The van der Waals surface area contributed by atoms with E-state index in [2.05, 4.69) is 10.4 Å². The molecule has 0 radical (unpaired) electrons. The van der Waals surface area contributed by atoms with Crippen molar-refractivity contribution in [2.75, 3.05) is 37.5 Å². The van der Waals surface area contributed by atoms with E-state index in [1.54, 1.807) is 7.11 Å². The van der Waals surface area contributed by atoms with Gasteiger partial charge in [0.15, 0.2) is 5.03 Å². The van der Waals surface area contributed by atoms with Gasteiger partial charge in [-0.25, -0.2) is 14.3 Å². The van der Waals surface area contributed by atoms with Gasteiger partial charge in [0.25, 0.3) is 10.0 Å². The number of nitrogens with zero attached hydrogens (tertiary/aromatic N) is 3. The van der Waals surface area contributed by atoms with Gasteiger partial charge in [0.05, 0.1) is 12.3 Å². The monoisotopic (exact) mass is 495 g/mol. The molecule has 2 amide bonds. The number of rotatable bonds is 10. The summed E-state index contributed by atoms with van der Waals surface area (Å²) in [5.74, 6) is -1.27. The molecule has 0 aliphatic heterocycles. The van der Waals surface area contributed by atoms with Crippen molar-refractivity contribution >= 4 is 33.4 Å². The van der Waals surface area contributed by atoms with Crippen molar-refractivity contribution < 1.29 is 27.9 Å². The fraction of sp³-hybridized carbons (Fsp3) is 0.500. The lowest BCUT2D eigenvalue weighted by molar-refractivity contribution is 0.0685. The fourth-order valence-electron chi connectivity index (χ4n) is 3.60. The zero-order valence-electron chi connectivity index (χ0n) is 20.5. The number of carbonyl (C=O) groups is 2. The number of benzene rings is 1. The molecule has 34 heavy (non-hydrogen) atoms. The number of hydrogen-bond donors (Lipinski definition) is 3.